The van der Waals surface area contributed by atoms with E-state index in [1.54, 1.807) is 26.2 Å². The van der Waals surface area contributed by atoms with Crippen LogP contribution in [0.15, 0.2) is 58.1 Å². The number of benzene rings is 2. The minimum Gasteiger partial charge on any atom is -0.508 e. The average Bonchev–Trinajstić information content (AvgIpc) is 3.21. The lowest BCUT2D eigenvalue weighted by Gasteiger charge is -2.50. The number of aliphatic hydroxyl groups is 6. The van der Waals surface area contributed by atoms with Gasteiger partial charge in [-0.05, 0) is 112 Å². The maximum absolute atomic E-state index is 13.7. The molecule has 2 amide bonds. The van der Waals surface area contributed by atoms with Gasteiger partial charge in [0.05, 0.1) is 33.9 Å². The molecule has 6 aliphatic rings. The molecule has 65 heavy (non-hydrogen) atoms. The third-order valence-electron chi connectivity index (χ3n) is 13.5. The number of phenols is 2. The number of methoxy groups -OCH3 is 1. The van der Waals surface area contributed by atoms with E-state index in [9.17, 15) is 74.4 Å². The Morgan fingerprint density at radius 2 is 1.05 bits per heavy atom. The molecule has 21 heteroatoms. The number of hydrogen-bond donors (Lipinski definition) is 10. The molecule has 8 atom stereocenters. The van der Waals surface area contributed by atoms with Crippen LogP contribution in [0, 0.1) is 27.2 Å². The Morgan fingerprint density at radius 3 is 1.42 bits per heavy atom. The number of aliphatic hydroxyl groups excluding tert-OH is 4. The fourth-order valence-electron chi connectivity index (χ4n) is 10.7. The Kier molecular flexibility index (Phi) is 11.6. The lowest BCUT2D eigenvalue weighted by molar-refractivity contribution is -0.155. The number of likely N-dealkylation sites (N-methyl/N-ethyl adjacent to an activating group) is 2. The highest BCUT2D eigenvalue weighted by Crippen LogP contribution is 2.55. The second kappa shape index (κ2) is 16.1. The van der Waals surface area contributed by atoms with Gasteiger partial charge in [0.2, 0.25) is 11.6 Å². The summed E-state index contributed by atoms with van der Waals surface area (Å²) in [6.45, 7) is 0. The van der Waals surface area contributed by atoms with E-state index in [1.165, 1.54) is 36.0 Å². The van der Waals surface area contributed by atoms with Crippen LogP contribution in [-0.2, 0) is 46.3 Å². The average molecular weight is 1010 g/mol. The van der Waals surface area contributed by atoms with Crippen molar-refractivity contribution in [2.75, 3.05) is 35.3 Å². The van der Waals surface area contributed by atoms with Gasteiger partial charge < -0.3 is 57.1 Å². The highest BCUT2D eigenvalue weighted by molar-refractivity contribution is 14.1. The summed E-state index contributed by atoms with van der Waals surface area (Å²) in [5, 5.41) is 87.6. The largest absolute Gasteiger partial charge is 0.508 e. The van der Waals surface area contributed by atoms with E-state index in [0.717, 1.165) is 7.11 Å². The zero-order chi connectivity index (χ0) is 48.3. The number of ketones is 4. The SMILES string of the molecule is CN(C)[C@@H]1C(=O)C(C(N)=O)=C(O)[C@@]2(O)C(=O)C3=C(O)c4c(ccc(I)c4O)C[C@H]3C[C@@H]12.COC(=O)c1ccc2c(c1O)C(O)=C1C(=O)[C@]3(O)C(O)=C(C(N)=O)C(=O)[C@@H](N(C)C)[C@@H]3C[C@@H]1C2. The smallest absolute Gasteiger partial charge is 0.341 e. The minimum absolute atomic E-state index is 0.00865. The number of ether oxygens (including phenoxy) is 1. The molecule has 2 aromatic rings. The molecule has 0 aromatic heterocycles. The molecule has 0 saturated heterocycles. The van der Waals surface area contributed by atoms with Crippen LogP contribution < -0.4 is 11.5 Å². The second-order valence-electron chi connectivity index (χ2n) is 17.3. The Labute approximate surface area is 382 Å². The highest BCUT2D eigenvalue weighted by atomic mass is 127. The monoisotopic (exact) mass is 1010 g/mol. The summed E-state index contributed by atoms with van der Waals surface area (Å²) in [5.74, 6) is -14.7. The lowest BCUT2D eigenvalue weighted by atomic mass is 9.57. The number of fused-ring (bicyclic) bond motifs is 6. The molecule has 0 bridgehead atoms. The number of hydrogen-bond acceptors (Lipinski definition) is 18. The Morgan fingerprint density at radius 1 is 0.662 bits per heavy atom. The van der Waals surface area contributed by atoms with Crippen LogP contribution in [0.4, 0.5) is 0 Å². The summed E-state index contributed by atoms with van der Waals surface area (Å²) in [4.78, 5) is 91.9. The summed E-state index contributed by atoms with van der Waals surface area (Å²) >= 11 is 1.89. The first-order chi connectivity index (χ1) is 30.3. The van der Waals surface area contributed by atoms with Gasteiger partial charge in [0.25, 0.3) is 11.8 Å². The minimum atomic E-state index is -2.71. The number of carbonyl (C=O) groups excluding carboxylic acids is 7. The third-order valence-corrected chi connectivity index (χ3v) is 14.4. The zero-order valence-electron chi connectivity index (χ0n) is 35.4. The predicted octanol–water partition coefficient (Wildman–Crippen LogP) is 0.319. The predicted molar refractivity (Wildman–Crippen MR) is 233 cm³/mol. The number of amides is 2. The van der Waals surface area contributed by atoms with Crippen LogP contribution in [0.1, 0.15) is 45.5 Å². The standard InChI is InChI=1S/C23H24N2O9.C21H21IN2O7/c1-25(2)15-11-7-9-6-8-4-5-10(22(32)34-3)16(26)12(8)17(27)13(9)19(29)23(11,33)20(30)14(18(15)28)21(24)31;1-24(2)14-9-6-8-5-7-3-4-10(22)15(25)11(7)16(26)12(8)18(28)21(9,31)19(29)13(17(14)27)20(23)30/h4-5,9,11,15,26-27,30,33H,6-7H2,1-3H3,(H2,24,31);3-4,8-9,14,25-26,29,31H,5-6H2,1-2H3,(H2,23,30)/t9-,11-,15-,23-;8-,9-,14-,21-/m00/s1. The molecule has 12 N–H and O–H groups in total. The van der Waals surface area contributed by atoms with Gasteiger partial charge in [0.1, 0.15) is 51.2 Å². The molecule has 344 valence electrons. The van der Waals surface area contributed by atoms with Crippen molar-refractivity contribution in [3.8, 4) is 11.5 Å². The normalized spacial score (nSPS) is 29.3. The summed E-state index contributed by atoms with van der Waals surface area (Å²) in [6, 6.07) is 4.05. The van der Waals surface area contributed by atoms with Gasteiger partial charge in [0.15, 0.2) is 22.8 Å². The van der Waals surface area contributed by atoms with E-state index in [0.29, 0.717) is 21.1 Å². The maximum atomic E-state index is 13.7. The van der Waals surface area contributed by atoms with Crippen molar-refractivity contribution in [3.63, 3.8) is 0 Å². The number of Topliss-reactive ketones (excluding diaryl/α,β-unsaturated/α-hetero) is 4. The van der Waals surface area contributed by atoms with Gasteiger partial charge in [-0.2, -0.15) is 0 Å². The molecule has 2 fully saturated rings. The quantitative estimate of drug-likeness (QED) is 0.110. The number of phenolic OH excluding ortho intramolecular Hbond substituents is 2. The Bertz CT molecular complexity index is 2720. The van der Waals surface area contributed by atoms with E-state index in [-0.39, 0.29) is 52.8 Å². The number of esters is 1. The van der Waals surface area contributed by atoms with Crippen molar-refractivity contribution in [1.29, 1.82) is 0 Å². The molecular weight excluding hydrogens is 967 g/mol. The maximum Gasteiger partial charge on any atom is 0.341 e. The summed E-state index contributed by atoms with van der Waals surface area (Å²) in [7, 11) is 7.30. The Hall–Kier alpha value is -6.14. The van der Waals surface area contributed by atoms with Gasteiger partial charge in [-0.1, -0.05) is 12.1 Å². The molecule has 2 saturated carbocycles. The molecule has 0 radical (unpaired) electrons. The molecular formula is C44H45IN4O16. The topological polar surface area (TPSA) is 349 Å². The number of nitrogens with zero attached hydrogens (tertiary/aromatic N) is 2. The van der Waals surface area contributed by atoms with Crippen LogP contribution >= 0.6 is 22.6 Å². The second-order valence-corrected chi connectivity index (χ2v) is 18.5. The Balaban J connectivity index is 0.000000195. The van der Waals surface area contributed by atoms with Crippen molar-refractivity contribution in [2.24, 2.45) is 35.1 Å². The van der Waals surface area contributed by atoms with E-state index >= 15 is 0 Å². The van der Waals surface area contributed by atoms with E-state index < -0.39 is 128 Å². The molecule has 0 spiro atoms. The number of carbonyl (C=O) groups is 7. The van der Waals surface area contributed by atoms with Crippen molar-refractivity contribution in [1.82, 2.24) is 9.80 Å². The van der Waals surface area contributed by atoms with Gasteiger partial charge in [-0.15, -0.1) is 0 Å². The van der Waals surface area contributed by atoms with Gasteiger partial charge in [0, 0.05) is 23.0 Å². The highest BCUT2D eigenvalue weighted by Gasteiger charge is 2.66. The van der Waals surface area contributed by atoms with Gasteiger partial charge in [-0.25, -0.2) is 4.79 Å². The fraction of sp³-hybridized carbons (Fsp3) is 0.386. The van der Waals surface area contributed by atoms with Crippen molar-refractivity contribution >= 4 is 75.0 Å². The molecule has 6 aliphatic carbocycles. The first-order valence-corrected chi connectivity index (χ1v) is 21.1. The van der Waals surface area contributed by atoms with Crippen LogP contribution in [0.5, 0.6) is 11.5 Å². The molecule has 2 aromatic carbocycles. The molecule has 0 unspecified atom stereocenters. The third kappa shape index (κ3) is 6.56. The molecule has 0 aliphatic heterocycles. The number of nitrogens with two attached hydrogens (primary N) is 2. The first kappa shape index (κ1) is 46.8. The fourth-order valence-corrected chi connectivity index (χ4v) is 11.1. The van der Waals surface area contributed by atoms with Crippen LogP contribution in [-0.4, -0.2) is 150 Å². The zero-order valence-corrected chi connectivity index (χ0v) is 37.5. The van der Waals surface area contributed by atoms with Crippen molar-refractivity contribution < 1.29 is 79.2 Å². The summed E-state index contributed by atoms with van der Waals surface area (Å²) < 4.78 is 5.10. The first-order valence-electron chi connectivity index (χ1n) is 20.0. The summed E-state index contributed by atoms with van der Waals surface area (Å²) in [6.07, 6.45) is 0.506. The van der Waals surface area contributed by atoms with E-state index in [1.807, 2.05) is 22.6 Å². The van der Waals surface area contributed by atoms with Gasteiger partial charge >= 0.3 is 5.97 Å². The van der Waals surface area contributed by atoms with E-state index in [2.05, 4.69) is 4.74 Å². The molecule has 0 heterocycles. The molecule has 20 nitrogen and oxygen atoms in total. The van der Waals surface area contributed by atoms with Crippen LogP contribution in [0.3, 0.4) is 0 Å². The number of rotatable bonds is 5. The van der Waals surface area contributed by atoms with Crippen molar-refractivity contribution in [3.05, 3.63) is 89.5 Å². The number of primary amides is 2. The van der Waals surface area contributed by atoms with Crippen LogP contribution in [0.2, 0.25) is 0 Å². The van der Waals surface area contributed by atoms with Crippen molar-refractivity contribution in [2.45, 2.75) is 49.0 Å². The molecule has 8 rings (SSSR count). The van der Waals surface area contributed by atoms with E-state index in [4.69, 9.17) is 11.5 Å². The number of aromatic hydroxyl groups is 2. The van der Waals surface area contributed by atoms with Gasteiger partial charge in [-0.3, -0.25) is 38.6 Å². The van der Waals surface area contributed by atoms with Crippen LogP contribution in [0.25, 0.3) is 11.5 Å². The lowest BCUT2D eigenvalue weighted by Crippen LogP contribution is -2.65. The summed E-state index contributed by atoms with van der Waals surface area (Å²) in [5.41, 5.74) is 3.88. The number of halogens is 1.